The number of carbonyl (C=O) groups excluding carboxylic acids is 3. The van der Waals surface area contributed by atoms with Crippen molar-refractivity contribution in [2.45, 2.75) is 58.8 Å². The van der Waals surface area contributed by atoms with Crippen LogP contribution in [0.3, 0.4) is 0 Å². The highest BCUT2D eigenvalue weighted by Gasteiger charge is 2.06. The number of amides is 1. The van der Waals surface area contributed by atoms with Gasteiger partial charge in [0.15, 0.2) is 5.12 Å². The van der Waals surface area contributed by atoms with Gasteiger partial charge in [-0.25, -0.2) is 0 Å². The van der Waals surface area contributed by atoms with E-state index in [1.165, 1.54) is 26.2 Å². The molecule has 1 N–H and O–H groups in total. The van der Waals surface area contributed by atoms with Gasteiger partial charge < -0.3 is 5.32 Å². The van der Waals surface area contributed by atoms with Crippen LogP contribution in [0.4, 0.5) is 0 Å². The van der Waals surface area contributed by atoms with Crippen molar-refractivity contribution < 1.29 is 14.4 Å². The van der Waals surface area contributed by atoms with E-state index in [1.807, 2.05) is 0 Å². The summed E-state index contributed by atoms with van der Waals surface area (Å²) in [6.07, 6.45) is 6.22. The van der Waals surface area contributed by atoms with E-state index < -0.39 is 0 Å². The van der Waals surface area contributed by atoms with Crippen LogP contribution in [0.15, 0.2) is 0 Å². The molecule has 1 amide bonds. The topological polar surface area (TPSA) is 63.2 Å². The van der Waals surface area contributed by atoms with Gasteiger partial charge in [-0.2, -0.15) is 0 Å². The average Bonchev–Trinajstić information content (AvgIpc) is 2.33. The van der Waals surface area contributed by atoms with Crippen LogP contribution in [0.5, 0.6) is 0 Å². The summed E-state index contributed by atoms with van der Waals surface area (Å²) >= 11 is 1.11. The van der Waals surface area contributed by atoms with Crippen LogP contribution < -0.4 is 5.32 Å². The van der Waals surface area contributed by atoms with Crippen molar-refractivity contribution in [3.05, 3.63) is 0 Å². The van der Waals surface area contributed by atoms with E-state index >= 15 is 0 Å². The second kappa shape index (κ2) is 12.2. The maximum absolute atomic E-state index is 11.4. The molecule has 19 heavy (non-hydrogen) atoms. The van der Waals surface area contributed by atoms with Crippen LogP contribution in [-0.2, 0) is 14.4 Å². The van der Waals surface area contributed by atoms with Gasteiger partial charge in [-0.3, -0.25) is 14.4 Å². The number of nitrogens with one attached hydrogen (secondary N) is 1. The first-order valence-corrected chi connectivity index (χ1v) is 7.96. The number of ketones is 1. The molecular formula is C14H25NO3S. The quantitative estimate of drug-likeness (QED) is 0.361. The Hall–Kier alpha value is -0.840. The first-order chi connectivity index (χ1) is 9.06. The minimum atomic E-state index is -0.124. The summed E-state index contributed by atoms with van der Waals surface area (Å²) < 4.78 is 0. The largest absolute Gasteiger partial charge is 0.355 e. The number of thioether (sulfide) groups is 1. The van der Waals surface area contributed by atoms with Crippen molar-refractivity contribution in [3.8, 4) is 0 Å². The Balaban J connectivity index is 3.38. The molecule has 0 spiro atoms. The molecule has 0 fully saturated rings. The summed E-state index contributed by atoms with van der Waals surface area (Å²) in [5.74, 6) is 0.470. The first kappa shape index (κ1) is 18.2. The highest BCUT2D eigenvalue weighted by atomic mass is 32.2. The minimum Gasteiger partial charge on any atom is -0.355 e. The standard InChI is InChI=1S/C14H25NO3S/c1-3-4-5-6-7-8-13(17)15-9-10-19-14(18)11-12(2)16/h3-11H2,1-2H3,(H,15,17)/i11+1,12+1. The molecule has 0 aromatic carbocycles. The summed E-state index contributed by atoms with van der Waals surface area (Å²) in [6.45, 7) is 4.05. The van der Waals surface area contributed by atoms with Crippen molar-refractivity contribution in [1.82, 2.24) is 5.32 Å². The van der Waals surface area contributed by atoms with E-state index in [0.29, 0.717) is 18.7 Å². The highest BCUT2D eigenvalue weighted by Crippen LogP contribution is 2.06. The molecule has 0 aliphatic carbocycles. The lowest BCUT2D eigenvalue weighted by molar-refractivity contribution is -0.122. The van der Waals surface area contributed by atoms with Crippen LogP contribution in [0.2, 0.25) is 0 Å². The van der Waals surface area contributed by atoms with E-state index in [9.17, 15) is 14.4 Å². The average molecular weight is 289 g/mol. The molecule has 4 nitrogen and oxygen atoms in total. The lowest BCUT2D eigenvalue weighted by Crippen LogP contribution is -2.25. The van der Waals surface area contributed by atoms with Crippen LogP contribution in [0.1, 0.15) is 58.8 Å². The zero-order valence-electron chi connectivity index (χ0n) is 12.0. The Morgan fingerprint density at radius 2 is 1.74 bits per heavy atom. The molecule has 0 aromatic heterocycles. The molecule has 0 radical (unpaired) electrons. The summed E-state index contributed by atoms with van der Waals surface area (Å²) in [5, 5.41) is 2.66. The van der Waals surface area contributed by atoms with Crippen molar-refractivity contribution >= 4 is 28.6 Å². The predicted octanol–water partition coefficient (Wildman–Crippen LogP) is 2.70. The van der Waals surface area contributed by atoms with Gasteiger partial charge in [0.2, 0.25) is 5.91 Å². The molecule has 0 heterocycles. The van der Waals surface area contributed by atoms with E-state index in [2.05, 4.69) is 12.2 Å². The number of rotatable bonds is 11. The van der Waals surface area contributed by atoms with Crippen LogP contribution in [0.25, 0.3) is 0 Å². The zero-order valence-corrected chi connectivity index (χ0v) is 12.8. The third-order valence-corrected chi connectivity index (χ3v) is 3.46. The molecule has 0 saturated heterocycles. The van der Waals surface area contributed by atoms with Crippen molar-refractivity contribution in [2.24, 2.45) is 0 Å². The second-order valence-electron chi connectivity index (χ2n) is 4.61. The third kappa shape index (κ3) is 13.4. The lowest BCUT2D eigenvalue weighted by Gasteiger charge is -2.04. The molecule has 0 aliphatic heterocycles. The summed E-state index contributed by atoms with van der Waals surface area (Å²) in [6, 6.07) is 0. The first-order valence-electron chi connectivity index (χ1n) is 6.98. The Bertz CT molecular complexity index is 292. The minimum absolute atomic E-state index is 0.0178. The lowest BCUT2D eigenvalue weighted by atomic mass is 10.1. The number of Topliss-reactive ketones (excluding diaryl/α,β-unsaturated/α-hetero) is 1. The maximum atomic E-state index is 11.4. The normalized spacial score (nSPS) is 10.2. The van der Waals surface area contributed by atoms with Gasteiger partial charge in [-0.05, 0) is 13.3 Å². The second-order valence-corrected chi connectivity index (χ2v) is 5.77. The molecule has 0 aromatic rings. The van der Waals surface area contributed by atoms with Gasteiger partial charge in [-0.15, -0.1) is 0 Å². The predicted molar refractivity (Wildman–Crippen MR) is 79.1 cm³/mol. The molecule has 0 atom stereocenters. The SMILES string of the molecule is CCCCCCCC(=O)NCCSC(=O)[13CH2][13C](C)=O. The number of hydrogen-bond donors (Lipinski definition) is 1. The fraction of sp³-hybridized carbons (Fsp3) is 0.786. The van der Waals surface area contributed by atoms with Gasteiger partial charge in [0.05, 0.1) is 6.42 Å². The highest BCUT2D eigenvalue weighted by molar-refractivity contribution is 8.13. The van der Waals surface area contributed by atoms with Gasteiger partial charge >= 0.3 is 0 Å². The third-order valence-electron chi connectivity index (χ3n) is 2.59. The van der Waals surface area contributed by atoms with Crippen molar-refractivity contribution in [3.63, 3.8) is 0 Å². The molecule has 0 saturated carbocycles. The maximum Gasteiger partial charge on any atom is 0.220 e. The summed E-state index contributed by atoms with van der Waals surface area (Å²) in [5.41, 5.74) is 0. The van der Waals surface area contributed by atoms with Gasteiger partial charge in [-0.1, -0.05) is 44.4 Å². The zero-order chi connectivity index (χ0) is 14.5. The van der Waals surface area contributed by atoms with Crippen molar-refractivity contribution in [2.75, 3.05) is 12.3 Å². The number of unbranched alkanes of at least 4 members (excludes halogenated alkanes) is 4. The fourth-order valence-corrected chi connectivity index (χ4v) is 2.32. The smallest absolute Gasteiger partial charge is 0.220 e. The summed E-state index contributed by atoms with van der Waals surface area (Å²) in [7, 11) is 0. The molecule has 0 unspecified atom stereocenters. The van der Waals surface area contributed by atoms with Crippen LogP contribution >= 0.6 is 11.8 Å². The molecule has 0 aliphatic rings. The van der Waals surface area contributed by atoms with E-state index in [0.717, 1.165) is 24.6 Å². The summed E-state index contributed by atoms with van der Waals surface area (Å²) in [4.78, 5) is 33.3. The molecule has 5 heteroatoms. The molecular weight excluding hydrogens is 264 g/mol. The van der Waals surface area contributed by atoms with Crippen LogP contribution in [0, 0.1) is 0 Å². The Labute approximate surface area is 120 Å². The number of carbonyl (C=O) groups is 3. The number of hydrogen-bond acceptors (Lipinski definition) is 4. The Morgan fingerprint density at radius 1 is 1.05 bits per heavy atom. The fourth-order valence-electron chi connectivity index (χ4n) is 1.59. The van der Waals surface area contributed by atoms with Gasteiger partial charge in [0.1, 0.15) is 5.78 Å². The Morgan fingerprint density at radius 3 is 2.37 bits per heavy atom. The molecule has 0 rings (SSSR count). The van der Waals surface area contributed by atoms with Crippen LogP contribution in [-0.4, -0.2) is 29.1 Å². The van der Waals surface area contributed by atoms with Gasteiger partial charge in [0.25, 0.3) is 0 Å². The van der Waals surface area contributed by atoms with E-state index in [1.54, 1.807) is 0 Å². The molecule has 0 bridgehead atoms. The van der Waals surface area contributed by atoms with Crippen molar-refractivity contribution in [1.29, 1.82) is 0 Å². The van der Waals surface area contributed by atoms with E-state index in [4.69, 9.17) is 0 Å². The van der Waals surface area contributed by atoms with E-state index in [-0.39, 0.29) is 23.2 Å². The monoisotopic (exact) mass is 289 g/mol. The van der Waals surface area contributed by atoms with Gasteiger partial charge in [0, 0.05) is 18.7 Å². The molecule has 110 valence electrons. The Kier molecular flexibility index (Phi) is 11.7.